The van der Waals surface area contributed by atoms with E-state index in [1.54, 1.807) is 18.6 Å². The third-order valence-electron chi connectivity index (χ3n) is 2.98. The van der Waals surface area contributed by atoms with E-state index in [4.69, 9.17) is 0 Å². The summed E-state index contributed by atoms with van der Waals surface area (Å²) in [5.74, 6) is 1.82. The van der Waals surface area contributed by atoms with Crippen molar-refractivity contribution in [1.82, 2.24) is 20.2 Å². The van der Waals surface area contributed by atoms with Gasteiger partial charge in [-0.05, 0) is 19.8 Å². The van der Waals surface area contributed by atoms with Gasteiger partial charge in [0.05, 0.1) is 12.7 Å². The maximum absolute atomic E-state index is 4.63. The Morgan fingerprint density at radius 3 is 2.80 bits per heavy atom. The second kappa shape index (κ2) is 9.73. The van der Waals surface area contributed by atoms with E-state index in [0.29, 0.717) is 0 Å². The van der Waals surface area contributed by atoms with Crippen LogP contribution in [-0.4, -0.2) is 53.6 Å². The zero-order chi connectivity index (χ0) is 13.3. The minimum atomic E-state index is 0. The first-order chi connectivity index (χ1) is 9.40. The number of hydrogen-bond acceptors (Lipinski definition) is 4. The third kappa shape index (κ3) is 5.48. The highest BCUT2D eigenvalue weighted by Gasteiger charge is 2.14. The quantitative estimate of drug-likeness (QED) is 0.346. The highest BCUT2D eigenvalue weighted by Crippen LogP contribution is 2.07. The predicted molar refractivity (Wildman–Crippen MR) is 92.7 cm³/mol. The van der Waals surface area contributed by atoms with Gasteiger partial charge in [0.25, 0.3) is 0 Å². The van der Waals surface area contributed by atoms with E-state index < -0.39 is 0 Å². The number of hydrogen-bond donors (Lipinski definition) is 2. The maximum atomic E-state index is 4.63. The lowest BCUT2D eigenvalue weighted by Gasteiger charge is -2.20. The molecule has 1 aromatic rings. The Kier molecular flexibility index (Phi) is 8.24. The molecule has 2 N–H and O–H groups in total. The fourth-order valence-corrected chi connectivity index (χ4v) is 2.09. The topological polar surface area (TPSA) is 65.4 Å². The highest BCUT2D eigenvalue weighted by atomic mass is 127. The smallest absolute Gasteiger partial charge is 0.193 e. The third-order valence-corrected chi connectivity index (χ3v) is 2.98. The van der Waals surface area contributed by atoms with E-state index in [1.165, 1.54) is 12.8 Å². The number of rotatable bonds is 5. The van der Waals surface area contributed by atoms with Crippen molar-refractivity contribution in [3.05, 3.63) is 18.6 Å². The van der Waals surface area contributed by atoms with Gasteiger partial charge in [0, 0.05) is 38.6 Å². The van der Waals surface area contributed by atoms with Gasteiger partial charge in [0.15, 0.2) is 5.96 Å². The van der Waals surface area contributed by atoms with Gasteiger partial charge >= 0.3 is 0 Å². The minimum absolute atomic E-state index is 0. The number of aliphatic imine (C=N–C) groups is 1. The molecule has 0 aliphatic carbocycles. The summed E-state index contributed by atoms with van der Waals surface area (Å²) in [6, 6.07) is 0. The first kappa shape index (κ1) is 16.9. The molecule has 6 nitrogen and oxygen atoms in total. The van der Waals surface area contributed by atoms with E-state index in [-0.39, 0.29) is 24.0 Å². The summed E-state index contributed by atoms with van der Waals surface area (Å²) in [4.78, 5) is 15.1. The van der Waals surface area contributed by atoms with Crippen LogP contribution in [0.2, 0.25) is 0 Å². The van der Waals surface area contributed by atoms with Crippen LogP contribution in [-0.2, 0) is 0 Å². The average Bonchev–Trinajstić information content (AvgIpc) is 2.97. The van der Waals surface area contributed by atoms with Crippen molar-refractivity contribution >= 4 is 35.8 Å². The Bertz CT molecular complexity index is 391. The largest absolute Gasteiger partial charge is 0.367 e. The molecule has 1 saturated heterocycles. The first-order valence-electron chi connectivity index (χ1n) is 6.93. The van der Waals surface area contributed by atoms with E-state index >= 15 is 0 Å². The number of guanidine groups is 1. The Hall–Kier alpha value is -1.12. The summed E-state index contributed by atoms with van der Waals surface area (Å²) < 4.78 is 0. The van der Waals surface area contributed by atoms with Crippen molar-refractivity contribution in [2.75, 3.05) is 38.0 Å². The van der Waals surface area contributed by atoms with Crippen LogP contribution in [0.3, 0.4) is 0 Å². The van der Waals surface area contributed by atoms with E-state index in [1.807, 2.05) is 0 Å². The molecule has 1 aliphatic rings. The summed E-state index contributed by atoms with van der Waals surface area (Å²) in [5.41, 5.74) is 0. The standard InChI is InChI=1S/C13H22N6.HI/c1-2-15-13(19-9-3-4-10-19)18-8-7-17-12-11-14-5-6-16-12;/h5-6,11H,2-4,7-10H2,1H3,(H,15,18)(H,16,17);1H. The molecule has 0 spiro atoms. The minimum Gasteiger partial charge on any atom is -0.367 e. The summed E-state index contributed by atoms with van der Waals surface area (Å²) >= 11 is 0. The van der Waals surface area contributed by atoms with Crippen LogP contribution in [0.5, 0.6) is 0 Å². The van der Waals surface area contributed by atoms with Gasteiger partial charge < -0.3 is 15.5 Å². The van der Waals surface area contributed by atoms with Crippen LogP contribution in [0.25, 0.3) is 0 Å². The number of likely N-dealkylation sites (tertiary alicyclic amines) is 1. The fraction of sp³-hybridized carbons (Fsp3) is 0.615. The lowest BCUT2D eigenvalue weighted by atomic mass is 10.4. The molecule has 1 aromatic heterocycles. The van der Waals surface area contributed by atoms with Gasteiger partial charge in [0.1, 0.15) is 5.82 Å². The predicted octanol–water partition coefficient (Wildman–Crippen LogP) is 1.57. The molecule has 7 heteroatoms. The molecule has 2 heterocycles. The number of nitrogens with one attached hydrogen (secondary N) is 2. The van der Waals surface area contributed by atoms with Crippen molar-refractivity contribution in [2.24, 2.45) is 4.99 Å². The van der Waals surface area contributed by atoms with Crippen molar-refractivity contribution in [2.45, 2.75) is 19.8 Å². The Labute approximate surface area is 137 Å². The van der Waals surface area contributed by atoms with Crippen LogP contribution >= 0.6 is 24.0 Å². The van der Waals surface area contributed by atoms with E-state index in [9.17, 15) is 0 Å². The van der Waals surface area contributed by atoms with Crippen molar-refractivity contribution in [3.8, 4) is 0 Å². The van der Waals surface area contributed by atoms with Gasteiger partial charge in [-0.1, -0.05) is 0 Å². The van der Waals surface area contributed by atoms with Crippen LogP contribution < -0.4 is 10.6 Å². The zero-order valence-electron chi connectivity index (χ0n) is 11.9. The van der Waals surface area contributed by atoms with Crippen molar-refractivity contribution < 1.29 is 0 Å². The molecule has 2 rings (SSSR count). The number of aromatic nitrogens is 2. The fourth-order valence-electron chi connectivity index (χ4n) is 2.09. The van der Waals surface area contributed by atoms with Gasteiger partial charge in [0.2, 0.25) is 0 Å². The second-order valence-corrected chi connectivity index (χ2v) is 4.45. The molecule has 0 bridgehead atoms. The number of anilines is 1. The van der Waals surface area contributed by atoms with Crippen LogP contribution in [0.1, 0.15) is 19.8 Å². The van der Waals surface area contributed by atoms with Gasteiger partial charge in [-0.15, -0.1) is 24.0 Å². The highest BCUT2D eigenvalue weighted by molar-refractivity contribution is 14.0. The molecule has 0 amide bonds. The molecular weight excluding hydrogens is 367 g/mol. The summed E-state index contributed by atoms with van der Waals surface area (Å²) in [6.07, 6.45) is 7.60. The molecule has 0 aromatic carbocycles. The number of nitrogens with zero attached hydrogens (tertiary/aromatic N) is 4. The Morgan fingerprint density at radius 1 is 1.35 bits per heavy atom. The molecule has 0 atom stereocenters. The van der Waals surface area contributed by atoms with Gasteiger partial charge in [-0.3, -0.25) is 9.98 Å². The van der Waals surface area contributed by atoms with Gasteiger partial charge in [-0.25, -0.2) is 4.98 Å². The molecule has 112 valence electrons. The zero-order valence-corrected chi connectivity index (χ0v) is 14.2. The van der Waals surface area contributed by atoms with Crippen molar-refractivity contribution in [3.63, 3.8) is 0 Å². The molecule has 1 aliphatic heterocycles. The van der Waals surface area contributed by atoms with Crippen LogP contribution in [0, 0.1) is 0 Å². The van der Waals surface area contributed by atoms with Crippen molar-refractivity contribution in [1.29, 1.82) is 0 Å². The second-order valence-electron chi connectivity index (χ2n) is 4.45. The molecule has 0 saturated carbocycles. The van der Waals surface area contributed by atoms with Crippen LogP contribution in [0.4, 0.5) is 5.82 Å². The lowest BCUT2D eigenvalue weighted by Crippen LogP contribution is -2.39. The van der Waals surface area contributed by atoms with E-state index in [2.05, 4.69) is 37.4 Å². The molecule has 0 radical (unpaired) electrons. The van der Waals surface area contributed by atoms with E-state index in [0.717, 1.165) is 44.5 Å². The number of halogens is 1. The molecular formula is C13H23IN6. The first-order valence-corrected chi connectivity index (χ1v) is 6.93. The van der Waals surface area contributed by atoms with Gasteiger partial charge in [-0.2, -0.15) is 0 Å². The Balaban J connectivity index is 0.00000200. The van der Waals surface area contributed by atoms with Crippen LogP contribution in [0.15, 0.2) is 23.6 Å². The summed E-state index contributed by atoms with van der Waals surface area (Å²) in [7, 11) is 0. The Morgan fingerprint density at radius 2 is 2.15 bits per heavy atom. The normalized spacial score (nSPS) is 14.8. The SMILES string of the molecule is CCNC(=NCCNc1cnccn1)N1CCCC1.I. The molecule has 0 unspecified atom stereocenters. The average molecular weight is 390 g/mol. The lowest BCUT2D eigenvalue weighted by molar-refractivity contribution is 0.494. The maximum Gasteiger partial charge on any atom is 0.193 e. The molecule has 20 heavy (non-hydrogen) atoms. The summed E-state index contributed by atoms with van der Waals surface area (Å²) in [5, 5.41) is 6.55. The summed E-state index contributed by atoms with van der Waals surface area (Å²) in [6.45, 7) is 6.74. The monoisotopic (exact) mass is 390 g/mol. The molecule has 1 fully saturated rings.